The molecule has 0 spiro atoms. The number of fused-ring (bicyclic) bond motifs is 2. The summed E-state index contributed by atoms with van der Waals surface area (Å²) in [6.07, 6.45) is 1.62. The normalized spacial score (nSPS) is 11.0. The van der Waals surface area contributed by atoms with Gasteiger partial charge in [0, 0.05) is 17.5 Å². The highest BCUT2D eigenvalue weighted by atomic mass is 32.1. The fraction of sp³-hybridized carbons (Fsp3) is 0.100. The van der Waals surface area contributed by atoms with E-state index in [1.807, 2.05) is 37.3 Å². The number of nitrogens with one attached hydrogen (secondary N) is 2. The predicted octanol–water partition coefficient (Wildman–Crippen LogP) is 3.88. The van der Waals surface area contributed by atoms with Crippen molar-refractivity contribution in [3.63, 3.8) is 0 Å². The van der Waals surface area contributed by atoms with E-state index in [2.05, 4.69) is 15.3 Å². The lowest BCUT2D eigenvalue weighted by molar-refractivity contribution is 0.102. The number of nitrogens with zero attached hydrogens (tertiary/aromatic N) is 2. The van der Waals surface area contributed by atoms with E-state index in [4.69, 9.17) is 12.2 Å². The molecular formula is C20H16N4O2S. The molecule has 27 heavy (non-hydrogen) atoms. The van der Waals surface area contributed by atoms with Crippen molar-refractivity contribution in [1.29, 1.82) is 0 Å². The number of hydrogen-bond acceptors (Lipinski definition) is 4. The van der Waals surface area contributed by atoms with Crippen LogP contribution in [0.1, 0.15) is 17.3 Å². The highest BCUT2D eigenvalue weighted by Gasteiger charge is 2.11. The van der Waals surface area contributed by atoms with Crippen molar-refractivity contribution in [3.8, 4) is 0 Å². The Hall–Kier alpha value is -3.32. The molecule has 7 heteroatoms. The number of rotatable bonds is 3. The van der Waals surface area contributed by atoms with Crippen LogP contribution in [0.5, 0.6) is 0 Å². The standard InChI is InChI=1S/C20H16N4O2S/c1-2-24-19(26)15-8-7-13(10-17(15)23-20(24)27)18(25)22-14-9-12-5-3-4-6-16(12)21-11-14/h3-11H,2H2,1H3,(H,22,25)(H,23,27). The number of carbonyl (C=O) groups is 1. The second-order valence-electron chi connectivity index (χ2n) is 6.11. The average Bonchev–Trinajstić information content (AvgIpc) is 2.67. The van der Waals surface area contributed by atoms with Gasteiger partial charge in [-0.05, 0) is 49.5 Å². The van der Waals surface area contributed by atoms with Gasteiger partial charge in [-0.2, -0.15) is 0 Å². The number of H-pyrrole nitrogens is 1. The SMILES string of the molecule is CCn1c(=S)[nH]c2cc(C(=O)Nc3cnc4ccccc4c3)ccc2c1=O. The zero-order valence-electron chi connectivity index (χ0n) is 14.5. The summed E-state index contributed by atoms with van der Waals surface area (Å²) in [5.41, 5.74) is 2.27. The molecule has 0 radical (unpaired) electrons. The number of hydrogen-bond donors (Lipinski definition) is 2. The van der Waals surface area contributed by atoms with Crippen LogP contribution in [-0.4, -0.2) is 20.4 Å². The van der Waals surface area contributed by atoms with E-state index in [1.165, 1.54) is 4.57 Å². The van der Waals surface area contributed by atoms with Crippen LogP contribution in [0.25, 0.3) is 21.8 Å². The van der Waals surface area contributed by atoms with Gasteiger partial charge in [-0.3, -0.25) is 19.1 Å². The maximum Gasteiger partial charge on any atom is 0.262 e. The summed E-state index contributed by atoms with van der Waals surface area (Å²) in [7, 11) is 0. The smallest absolute Gasteiger partial charge is 0.262 e. The van der Waals surface area contributed by atoms with Crippen molar-refractivity contribution >= 4 is 45.6 Å². The summed E-state index contributed by atoms with van der Waals surface area (Å²) in [5, 5.41) is 4.28. The number of pyridine rings is 1. The van der Waals surface area contributed by atoms with Gasteiger partial charge in [-0.25, -0.2) is 0 Å². The van der Waals surface area contributed by atoms with Gasteiger partial charge in [0.2, 0.25) is 0 Å². The molecule has 0 bridgehead atoms. The first kappa shape index (κ1) is 17.1. The summed E-state index contributed by atoms with van der Waals surface area (Å²) in [6.45, 7) is 2.34. The number of aromatic nitrogens is 3. The van der Waals surface area contributed by atoms with Crippen molar-refractivity contribution in [2.75, 3.05) is 5.32 Å². The number of anilines is 1. The summed E-state index contributed by atoms with van der Waals surface area (Å²) in [6, 6.07) is 14.5. The van der Waals surface area contributed by atoms with Crippen molar-refractivity contribution in [2.24, 2.45) is 0 Å². The topological polar surface area (TPSA) is 79.8 Å². The molecule has 2 aromatic heterocycles. The third kappa shape index (κ3) is 3.13. The maximum absolute atomic E-state index is 12.6. The zero-order valence-corrected chi connectivity index (χ0v) is 15.3. The van der Waals surface area contributed by atoms with Crippen LogP contribution >= 0.6 is 12.2 Å². The van der Waals surface area contributed by atoms with Gasteiger partial charge in [-0.1, -0.05) is 18.2 Å². The quantitative estimate of drug-likeness (QED) is 0.532. The minimum atomic E-state index is -0.284. The van der Waals surface area contributed by atoms with Crippen molar-refractivity contribution < 1.29 is 4.79 Å². The Morgan fingerprint density at radius 3 is 2.85 bits per heavy atom. The van der Waals surface area contributed by atoms with Gasteiger partial charge >= 0.3 is 0 Å². The highest BCUT2D eigenvalue weighted by Crippen LogP contribution is 2.18. The Bertz CT molecular complexity index is 1310. The van der Waals surface area contributed by atoms with Crippen LogP contribution in [0.4, 0.5) is 5.69 Å². The van der Waals surface area contributed by atoms with Crippen LogP contribution in [-0.2, 0) is 6.54 Å². The molecule has 0 fully saturated rings. The third-order valence-electron chi connectivity index (χ3n) is 4.41. The predicted molar refractivity (Wildman–Crippen MR) is 109 cm³/mol. The minimum Gasteiger partial charge on any atom is -0.332 e. The molecule has 6 nitrogen and oxygen atoms in total. The molecule has 0 aliphatic carbocycles. The van der Waals surface area contributed by atoms with Crippen LogP contribution in [0.3, 0.4) is 0 Å². The summed E-state index contributed by atoms with van der Waals surface area (Å²) in [4.78, 5) is 32.4. The molecule has 0 saturated heterocycles. The Kier molecular flexibility index (Phi) is 4.29. The van der Waals surface area contributed by atoms with Gasteiger partial charge in [0.1, 0.15) is 0 Å². The lowest BCUT2D eigenvalue weighted by Gasteiger charge is -2.08. The first-order chi connectivity index (χ1) is 13.1. The molecule has 134 valence electrons. The number of aromatic amines is 1. The largest absolute Gasteiger partial charge is 0.332 e. The molecule has 0 aliphatic heterocycles. The van der Waals surface area contributed by atoms with Crippen LogP contribution in [0.15, 0.2) is 59.5 Å². The summed E-state index contributed by atoms with van der Waals surface area (Å²) in [5.74, 6) is -0.284. The molecule has 4 aromatic rings. The van der Waals surface area contributed by atoms with Crippen LogP contribution in [0, 0.1) is 4.77 Å². The lowest BCUT2D eigenvalue weighted by atomic mass is 10.1. The number of para-hydroxylation sites is 1. The monoisotopic (exact) mass is 376 g/mol. The summed E-state index contributed by atoms with van der Waals surface area (Å²) < 4.78 is 1.82. The van der Waals surface area contributed by atoms with Gasteiger partial charge < -0.3 is 10.3 Å². The molecular weight excluding hydrogens is 360 g/mol. The van der Waals surface area contributed by atoms with Gasteiger partial charge in [0.15, 0.2) is 4.77 Å². The maximum atomic E-state index is 12.6. The molecule has 0 aliphatic rings. The molecule has 0 saturated carbocycles. The Labute approximate surface area is 159 Å². The van der Waals surface area contributed by atoms with Crippen molar-refractivity contribution in [1.82, 2.24) is 14.5 Å². The Morgan fingerprint density at radius 2 is 2.04 bits per heavy atom. The van der Waals surface area contributed by atoms with Crippen molar-refractivity contribution in [2.45, 2.75) is 13.5 Å². The number of carbonyl (C=O) groups excluding carboxylic acids is 1. The van der Waals surface area contributed by atoms with E-state index in [0.29, 0.717) is 33.5 Å². The van der Waals surface area contributed by atoms with E-state index in [9.17, 15) is 9.59 Å². The number of benzene rings is 2. The highest BCUT2D eigenvalue weighted by molar-refractivity contribution is 7.71. The van der Waals surface area contributed by atoms with Gasteiger partial charge in [-0.15, -0.1) is 0 Å². The zero-order chi connectivity index (χ0) is 19.0. The van der Waals surface area contributed by atoms with Gasteiger partial charge in [0.25, 0.3) is 11.5 Å². The molecule has 4 rings (SSSR count). The lowest BCUT2D eigenvalue weighted by Crippen LogP contribution is -2.21. The van der Waals surface area contributed by atoms with E-state index in [0.717, 1.165) is 10.9 Å². The van der Waals surface area contributed by atoms with E-state index < -0.39 is 0 Å². The molecule has 1 amide bonds. The molecule has 0 unspecified atom stereocenters. The fourth-order valence-electron chi connectivity index (χ4n) is 3.03. The molecule has 2 heterocycles. The Morgan fingerprint density at radius 1 is 1.22 bits per heavy atom. The second-order valence-corrected chi connectivity index (χ2v) is 6.50. The Balaban J connectivity index is 1.69. The van der Waals surface area contributed by atoms with E-state index in [1.54, 1.807) is 24.4 Å². The third-order valence-corrected chi connectivity index (χ3v) is 4.73. The molecule has 2 aromatic carbocycles. The van der Waals surface area contributed by atoms with Gasteiger partial charge in [0.05, 0.1) is 28.3 Å². The first-order valence-electron chi connectivity index (χ1n) is 8.50. The number of amides is 1. The first-order valence-corrected chi connectivity index (χ1v) is 8.90. The minimum absolute atomic E-state index is 0.165. The fourth-order valence-corrected chi connectivity index (χ4v) is 3.35. The average molecular weight is 376 g/mol. The van der Waals surface area contributed by atoms with Crippen LogP contribution in [0.2, 0.25) is 0 Å². The molecule has 0 atom stereocenters. The van der Waals surface area contributed by atoms with Crippen molar-refractivity contribution in [3.05, 3.63) is 75.4 Å². The van der Waals surface area contributed by atoms with Crippen LogP contribution < -0.4 is 10.9 Å². The summed E-state index contributed by atoms with van der Waals surface area (Å²) >= 11 is 5.22. The second kappa shape index (κ2) is 6.77. The molecule has 2 N–H and O–H groups in total. The van der Waals surface area contributed by atoms with E-state index in [-0.39, 0.29) is 11.5 Å². The van der Waals surface area contributed by atoms with E-state index >= 15 is 0 Å².